The third kappa shape index (κ3) is 2.52. The summed E-state index contributed by atoms with van der Waals surface area (Å²) in [4.78, 5) is 0. The summed E-state index contributed by atoms with van der Waals surface area (Å²) in [5.41, 5.74) is 1.09. The van der Waals surface area contributed by atoms with Crippen LogP contribution in [0.4, 0.5) is 0 Å². The summed E-state index contributed by atoms with van der Waals surface area (Å²) < 4.78 is 10.4. The molecule has 4 heteroatoms. The van der Waals surface area contributed by atoms with Gasteiger partial charge in [-0.3, -0.25) is 0 Å². The molecule has 1 fully saturated rings. The molecule has 2 unspecified atom stereocenters. The van der Waals surface area contributed by atoms with Gasteiger partial charge in [0, 0.05) is 12.1 Å². The maximum atomic E-state index is 9.57. The van der Waals surface area contributed by atoms with Gasteiger partial charge in [-0.1, -0.05) is 18.2 Å². The predicted molar refractivity (Wildman–Crippen MR) is 60.4 cm³/mol. The van der Waals surface area contributed by atoms with Crippen molar-refractivity contribution in [3.8, 4) is 5.75 Å². The van der Waals surface area contributed by atoms with E-state index in [4.69, 9.17) is 9.47 Å². The number of benzene rings is 1. The van der Waals surface area contributed by atoms with Gasteiger partial charge in [0.25, 0.3) is 0 Å². The molecule has 2 atom stereocenters. The number of para-hydroxylation sites is 1. The first-order chi connectivity index (χ1) is 7.81. The van der Waals surface area contributed by atoms with Crippen LogP contribution in [-0.4, -0.2) is 37.6 Å². The molecule has 1 aliphatic rings. The maximum absolute atomic E-state index is 9.57. The fraction of sp³-hybridized carbons (Fsp3) is 0.500. The second-order valence-electron chi connectivity index (χ2n) is 3.90. The van der Waals surface area contributed by atoms with Gasteiger partial charge in [0.2, 0.25) is 0 Å². The minimum atomic E-state index is -0.408. The normalized spacial score (nSPS) is 24.6. The summed E-state index contributed by atoms with van der Waals surface area (Å²) in [6.07, 6.45) is -0.408. The van der Waals surface area contributed by atoms with Crippen LogP contribution < -0.4 is 10.1 Å². The average molecular weight is 223 g/mol. The Bertz CT molecular complexity index is 343. The highest BCUT2D eigenvalue weighted by Gasteiger charge is 2.25. The van der Waals surface area contributed by atoms with Gasteiger partial charge in [-0.2, -0.15) is 0 Å². The SMILES string of the molecule is COc1ccccc1CNC1COCC1O. The van der Waals surface area contributed by atoms with Gasteiger partial charge in [-0.05, 0) is 6.07 Å². The highest BCUT2D eigenvalue weighted by atomic mass is 16.5. The average Bonchev–Trinajstić information content (AvgIpc) is 2.72. The van der Waals surface area contributed by atoms with Crippen molar-refractivity contribution in [2.45, 2.75) is 18.7 Å². The van der Waals surface area contributed by atoms with Crippen molar-refractivity contribution in [1.29, 1.82) is 0 Å². The second kappa shape index (κ2) is 5.30. The number of hydrogen-bond donors (Lipinski definition) is 2. The first-order valence-corrected chi connectivity index (χ1v) is 5.42. The predicted octanol–water partition coefficient (Wildman–Crippen LogP) is 0.544. The van der Waals surface area contributed by atoms with Crippen molar-refractivity contribution in [2.24, 2.45) is 0 Å². The van der Waals surface area contributed by atoms with E-state index in [9.17, 15) is 5.11 Å². The Morgan fingerprint density at radius 1 is 1.44 bits per heavy atom. The van der Waals surface area contributed by atoms with Gasteiger partial charge in [0.1, 0.15) is 5.75 Å². The third-order valence-corrected chi connectivity index (χ3v) is 2.80. The standard InChI is InChI=1S/C12H17NO3/c1-15-12-5-3-2-4-9(12)6-13-10-7-16-8-11(10)14/h2-5,10-11,13-14H,6-8H2,1H3. The lowest BCUT2D eigenvalue weighted by atomic mass is 10.1. The van der Waals surface area contributed by atoms with Gasteiger partial charge >= 0.3 is 0 Å². The molecule has 1 saturated heterocycles. The minimum absolute atomic E-state index is 0.0184. The smallest absolute Gasteiger partial charge is 0.123 e. The van der Waals surface area contributed by atoms with Crippen LogP contribution in [0, 0.1) is 0 Å². The summed E-state index contributed by atoms with van der Waals surface area (Å²) in [5.74, 6) is 0.864. The molecule has 0 amide bonds. The van der Waals surface area contributed by atoms with Crippen LogP contribution in [0.25, 0.3) is 0 Å². The van der Waals surface area contributed by atoms with E-state index < -0.39 is 6.10 Å². The van der Waals surface area contributed by atoms with E-state index in [0.29, 0.717) is 19.8 Å². The topological polar surface area (TPSA) is 50.7 Å². The zero-order chi connectivity index (χ0) is 11.4. The van der Waals surface area contributed by atoms with Gasteiger partial charge < -0.3 is 19.9 Å². The van der Waals surface area contributed by atoms with Crippen LogP contribution in [0.1, 0.15) is 5.56 Å². The maximum Gasteiger partial charge on any atom is 0.123 e. The van der Waals surface area contributed by atoms with Crippen molar-refractivity contribution < 1.29 is 14.6 Å². The monoisotopic (exact) mass is 223 g/mol. The fourth-order valence-corrected chi connectivity index (χ4v) is 1.83. The Kier molecular flexibility index (Phi) is 3.77. The van der Waals surface area contributed by atoms with Crippen molar-refractivity contribution in [3.05, 3.63) is 29.8 Å². The third-order valence-electron chi connectivity index (χ3n) is 2.80. The lowest BCUT2D eigenvalue weighted by Crippen LogP contribution is -2.38. The highest BCUT2D eigenvalue weighted by Crippen LogP contribution is 2.17. The van der Waals surface area contributed by atoms with Gasteiger partial charge in [-0.25, -0.2) is 0 Å². The van der Waals surface area contributed by atoms with E-state index in [1.807, 2.05) is 24.3 Å². The summed E-state index contributed by atoms with van der Waals surface area (Å²) in [6, 6.07) is 7.87. The van der Waals surface area contributed by atoms with Crippen LogP contribution in [0.15, 0.2) is 24.3 Å². The molecule has 16 heavy (non-hydrogen) atoms. The van der Waals surface area contributed by atoms with Crippen molar-refractivity contribution in [1.82, 2.24) is 5.32 Å². The Morgan fingerprint density at radius 2 is 2.25 bits per heavy atom. The zero-order valence-corrected chi connectivity index (χ0v) is 9.35. The van der Waals surface area contributed by atoms with E-state index in [-0.39, 0.29) is 6.04 Å². The molecule has 4 nitrogen and oxygen atoms in total. The largest absolute Gasteiger partial charge is 0.496 e. The molecule has 1 aliphatic heterocycles. The molecule has 0 aliphatic carbocycles. The first kappa shape index (κ1) is 11.4. The molecule has 0 spiro atoms. The van der Waals surface area contributed by atoms with Gasteiger partial charge in [0.15, 0.2) is 0 Å². The molecule has 2 N–H and O–H groups in total. The molecule has 88 valence electrons. The van der Waals surface area contributed by atoms with Crippen molar-refractivity contribution in [3.63, 3.8) is 0 Å². The summed E-state index contributed by atoms with van der Waals surface area (Å²) in [5, 5.41) is 12.8. The van der Waals surface area contributed by atoms with E-state index in [1.165, 1.54) is 0 Å². The lowest BCUT2D eigenvalue weighted by Gasteiger charge is -2.15. The molecule has 0 radical (unpaired) electrons. The van der Waals surface area contributed by atoms with Crippen LogP contribution in [-0.2, 0) is 11.3 Å². The molecule has 1 aromatic rings. The second-order valence-corrected chi connectivity index (χ2v) is 3.90. The van der Waals surface area contributed by atoms with Crippen LogP contribution in [0.2, 0.25) is 0 Å². The molecule has 2 rings (SSSR count). The molecule has 0 saturated carbocycles. The van der Waals surface area contributed by atoms with Crippen molar-refractivity contribution >= 4 is 0 Å². The van der Waals surface area contributed by atoms with Crippen LogP contribution in [0.5, 0.6) is 5.75 Å². The first-order valence-electron chi connectivity index (χ1n) is 5.42. The zero-order valence-electron chi connectivity index (χ0n) is 9.35. The molecular formula is C12H17NO3. The Balaban J connectivity index is 1.93. The number of aliphatic hydroxyl groups excluding tert-OH is 1. The van der Waals surface area contributed by atoms with E-state index >= 15 is 0 Å². The summed E-state index contributed by atoms with van der Waals surface area (Å²) in [6.45, 7) is 1.66. The molecule has 0 aromatic heterocycles. The summed E-state index contributed by atoms with van der Waals surface area (Å²) in [7, 11) is 1.66. The Morgan fingerprint density at radius 3 is 2.94 bits per heavy atom. The van der Waals surface area contributed by atoms with Gasteiger partial charge in [0.05, 0.1) is 32.5 Å². The van der Waals surface area contributed by atoms with Gasteiger partial charge in [-0.15, -0.1) is 0 Å². The number of methoxy groups -OCH3 is 1. The molecule has 1 heterocycles. The lowest BCUT2D eigenvalue weighted by molar-refractivity contribution is 0.122. The Hall–Kier alpha value is -1.10. The van der Waals surface area contributed by atoms with E-state index in [0.717, 1.165) is 11.3 Å². The number of aliphatic hydroxyl groups is 1. The highest BCUT2D eigenvalue weighted by molar-refractivity contribution is 5.33. The number of rotatable bonds is 4. The summed E-state index contributed by atoms with van der Waals surface area (Å²) >= 11 is 0. The molecular weight excluding hydrogens is 206 g/mol. The van der Waals surface area contributed by atoms with Crippen LogP contribution in [0.3, 0.4) is 0 Å². The Labute approximate surface area is 95.2 Å². The quantitative estimate of drug-likeness (QED) is 0.782. The number of nitrogens with one attached hydrogen (secondary N) is 1. The van der Waals surface area contributed by atoms with Crippen molar-refractivity contribution in [2.75, 3.05) is 20.3 Å². The van der Waals surface area contributed by atoms with Crippen LogP contribution >= 0.6 is 0 Å². The number of hydrogen-bond acceptors (Lipinski definition) is 4. The minimum Gasteiger partial charge on any atom is -0.496 e. The molecule has 0 bridgehead atoms. The fourth-order valence-electron chi connectivity index (χ4n) is 1.83. The van der Waals surface area contributed by atoms with E-state index in [2.05, 4.69) is 5.32 Å². The number of ether oxygens (including phenoxy) is 2. The van der Waals surface area contributed by atoms with E-state index in [1.54, 1.807) is 7.11 Å². The molecule has 1 aromatic carbocycles.